The van der Waals surface area contributed by atoms with Crippen molar-refractivity contribution in [3.05, 3.63) is 29.3 Å². The van der Waals surface area contributed by atoms with Gasteiger partial charge in [-0.15, -0.1) is 0 Å². The molecule has 1 aromatic rings. The fourth-order valence-corrected chi connectivity index (χ4v) is 1.42. The summed E-state index contributed by atoms with van der Waals surface area (Å²) < 4.78 is 5.43. The lowest BCUT2D eigenvalue weighted by molar-refractivity contribution is -0.138. The van der Waals surface area contributed by atoms with Gasteiger partial charge in [-0.1, -0.05) is 32.9 Å². The molecule has 0 aliphatic rings. The zero-order valence-electron chi connectivity index (χ0n) is 10.5. The molecule has 1 rings (SSSR count). The number of benzene rings is 1. The second kappa shape index (κ2) is 5.69. The van der Waals surface area contributed by atoms with E-state index in [1.807, 2.05) is 39.0 Å². The molecule has 1 atom stereocenters. The van der Waals surface area contributed by atoms with Gasteiger partial charge < -0.3 is 4.74 Å². The Hall–Kier alpha value is -1.31. The van der Waals surface area contributed by atoms with E-state index in [0.717, 1.165) is 24.0 Å². The Morgan fingerprint density at radius 1 is 1.38 bits per heavy atom. The van der Waals surface area contributed by atoms with Crippen LogP contribution in [0.15, 0.2) is 18.2 Å². The molecule has 0 aromatic heterocycles. The number of esters is 1. The van der Waals surface area contributed by atoms with Crippen molar-refractivity contribution in [1.29, 1.82) is 0 Å². The molecule has 0 aliphatic heterocycles. The summed E-state index contributed by atoms with van der Waals surface area (Å²) in [5.41, 5.74) is 2.20. The molecule has 0 aliphatic carbocycles. The third-order valence-corrected chi connectivity index (χ3v) is 2.83. The molecule has 0 unspecified atom stereocenters. The van der Waals surface area contributed by atoms with Gasteiger partial charge in [-0.25, -0.2) is 0 Å². The van der Waals surface area contributed by atoms with Crippen LogP contribution >= 0.6 is 0 Å². The van der Waals surface area contributed by atoms with Crippen molar-refractivity contribution in [3.63, 3.8) is 0 Å². The van der Waals surface area contributed by atoms with E-state index in [-0.39, 0.29) is 11.9 Å². The molecule has 0 fully saturated rings. The van der Waals surface area contributed by atoms with Gasteiger partial charge in [-0.05, 0) is 37.0 Å². The largest absolute Gasteiger partial charge is 0.426 e. The topological polar surface area (TPSA) is 26.3 Å². The van der Waals surface area contributed by atoms with E-state index in [4.69, 9.17) is 4.74 Å². The highest BCUT2D eigenvalue weighted by Crippen LogP contribution is 2.22. The normalized spacial score (nSPS) is 12.2. The van der Waals surface area contributed by atoms with E-state index in [1.165, 1.54) is 0 Å². The molecule has 0 saturated carbocycles. The van der Waals surface area contributed by atoms with Crippen LogP contribution in [0.2, 0.25) is 0 Å². The highest BCUT2D eigenvalue weighted by atomic mass is 16.5. The Morgan fingerprint density at radius 3 is 2.62 bits per heavy atom. The SMILES string of the molecule is CCc1ccc(C)cc1OC(=O)[C@@H](C)CC. The lowest BCUT2D eigenvalue weighted by Crippen LogP contribution is -2.17. The quantitative estimate of drug-likeness (QED) is 0.573. The van der Waals surface area contributed by atoms with Gasteiger partial charge in [0.05, 0.1) is 5.92 Å². The summed E-state index contributed by atoms with van der Waals surface area (Å²) in [6.07, 6.45) is 1.69. The third kappa shape index (κ3) is 3.09. The Balaban J connectivity index is 2.87. The van der Waals surface area contributed by atoms with Crippen molar-refractivity contribution in [2.45, 2.75) is 40.5 Å². The first-order chi connectivity index (χ1) is 7.58. The number of carbonyl (C=O) groups is 1. The van der Waals surface area contributed by atoms with Crippen LogP contribution in [0.3, 0.4) is 0 Å². The minimum Gasteiger partial charge on any atom is -0.426 e. The first-order valence-electron chi connectivity index (χ1n) is 5.89. The van der Waals surface area contributed by atoms with Crippen LogP contribution in [-0.2, 0) is 11.2 Å². The number of rotatable bonds is 4. The summed E-state index contributed by atoms with van der Waals surface area (Å²) in [5, 5.41) is 0. The van der Waals surface area contributed by atoms with E-state index < -0.39 is 0 Å². The molecule has 0 amide bonds. The van der Waals surface area contributed by atoms with Crippen LogP contribution in [-0.4, -0.2) is 5.97 Å². The average molecular weight is 220 g/mol. The minimum absolute atomic E-state index is 0.0368. The second-order valence-corrected chi connectivity index (χ2v) is 4.20. The Labute approximate surface area is 97.6 Å². The first-order valence-corrected chi connectivity index (χ1v) is 5.89. The predicted molar refractivity (Wildman–Crippen MR) is 65.6 cm³/mol. The molecule has 0 N–H and O–H groups in total. The molecule has 2 heteroatoms. The summed E-state index contributed by atoms with van der Waals surface area (Å²) in [6, 6.07) is 5.99. The van der Waals surface area contributed by atoms with Crippen LogP contribution in [0.4, 0.5) is 0 Å². The number of carbonyl (C=O) groups excluding carboxylic acids is 1. The third-order valence-electron chi connectivity index (χ3n) is 2.83. The highest BCUT2D eigenvalue weighted by Gasteiger charge is 2.14. The summed E-state index contributed by atoms with van der Waals surface area (Å²) >= 11 is 0. The van der Waals surface area contributed by atoms with Gasteiger partial charge in [0.15, 0.2) is 0 Å². The van der Waals surface area contributed by atoms with Crippen molar-refractivity contribution in [3.8, 4) is 5.75 Å². The first kappa shape index (κ1) is 12.8. The van der Waals surface area contributed by atoms with Crippen LogP contribution in [0.1, 0.15) is 38.3 Å². The van der Waals surface area contributed by atoms with Crippen LogP contribution in [0, 0.1) is 12.8 Å². The van der Waals surface area contributed by atoms with Gasteiger partial charge in [0.25, 0.3) is 0 Å². The Kier molecular flexibility index (Phi) is 4.53. The number of ether oxygens (including phenoxy) is 1. The lowest BCUT2D eigenvalue weighted by Gasteiger charge is -2.12. The van der Waals surface area contributed by atoms with Crippen molar-refractivity contribution >= 4 is 5.97 Å². The molecular weight excluding hydrogens is 200 g/mol. The Morgan fingerprint density at radius 2 is 2.06 bits per heavy atom. The van der Waals surface area contributed by atoms with E-state index in [0.29, 0.717) is 5.75 Å². The number of hydrogen-bond donors (Lipinski definition) is 0. The zero-order valence-corrected chi connectivity index (χ0v) is 10.5. The van der Waals surface area contributed by atoms with Crippen LogP contribution in [0.25, 0.3) is 0 Å². The van der Waals surface area contributed by atoms with E-state index in [9.17, 15) is 4.79 Å². The molecule has 0 heterocycles. The second-order valence-electron chi connectivity index (χ2n) is 4.20. The average Bonchev–Trinajstić information content (AvgIpc) is 2.28. The molecule has 0 saturated heterocycles. The van der Waals surface area contributed by atoms with Gasteiger partial charge in [-0.3, -0.25) is 4.79 Å². The lowest BCUT2D eigenvalue weighted by atomic mass is 10.1. The maximum atomic E-state index is 11.7. The Bertz CT molecular complexity index is 369. The molecule has 0 radical (unpaired) electrons. The molecular formula is C14H20O2. The van der Waals surface area contributed by atoms with Crippen LogP contribution in [0.5, 0.6) is 5.75 Å². The fourth-order valence-electron chi connectivity index (χ4n) is 1.42. The fraction of sp³-hybridized carbons (Fsp3) is 0.500. The highest BCUT2D eigenvalue weighted by molar-refractivity contribution is 5.75. The van der Waals surface area contributed by atoms with Crippen molar-refractivity contribution in [2.75, 3.05) is 0 Å². The summed E-state index contributed by atoms with van der Waals surface area (Å²) in [4.78, 5) is 11.7. The van der Waals surface area contributed by atoms with Gasteiger partial charge in [-0.2, -0.15) is 0 Å². The molecule has 2 nitrogen and oxygen atoms in total. The number of aryl methyl sites for hydroxylation is 2. The summed E-state index contributed by atoms with van der Waals surface area (Å²) in [6.45, 7) is 7.94. The van der Waals surface area contributed by atoms with E-state index in [1.54, 1.807) is 0 Å². The standard InChI is InChI=1S/C14H20O2/c1-5-11(4)14(15)16-13-9-10(3)7-8-12(13)6-2/h7-9,11H,5-6H2,1-4H3/t11-/m0/s1. The zero-order chi connectivity index (χ0) is 12.1. The van der Waals surface area contributed by atoms with E-state index >= 15 is 0 Å². The van der Waals surface area contributed by atoms with Crippen molar-refractivity contribution < 1.29 is 9.53 Å². The number of hydrogen-bond acceptors (Lipinski definition) is 2. The van der Waals surface area contributed by atoms with E-state index in [2.05, 4.69) is 6.92 Å². The molecule has 0 spiro atoms. The van der Waals surface area contributed by atoms with Gasteiger partial charge in [0.1, 0.15) is 5.75 Å². The van der Waals surface area contributed by atoms with Gasteiger partial charge in [0.2, 0.25) is 0 Å². The monoisotopic (exact) mass is 220 g/mol. The molecule has 88 valence electrons. The minimum atomic E-state index is -0.136. The van der Waals surface area contributed by atoms with Crippen molar-refractivity contribution in [1.82, 2.24) is 0 Å². The predicted octanol–water partition coefficient (Wildman–Crippen LogP) is 3.51. The van der Waals surface area contributed by atoms with Crippen LogP contribution < -0.4 is 4.74 Å². The molecule has 0 bridgehead atoms. The van der Waals surface area contributed by atoms with Gasteiger partial charge >= 0.3 is 5.97 Å². The maximum absolute atomic E-state index is 11.7. The molecule has 1 aromatic carbocycles. The maximum Gasteiger partial charge on any atom is 0.314 e. The van der Waals surface area contributed by atoms with Gasteiger partial charge in [0, 0.05) is 0 Å². The van der Waals surface area contributed by atoms with Crippen molar-refractivity contribution in [2.24, 2.45) is 5.92 Å². The summed E-state index contributed by atoms with van der Waals surface area (Å²) in [7, 11) is 0. The summed E-state index contributed by atoms with van der Waals surface area (Å²) in [5.74, 6) is 0.542. The molecule has 16 heavy (non-hydrogen) atoms. The smallest absolute Gasteiger partial charge is 0.314 e.